The highest BCUT2D eigenvalue weighted by Gasteiger charge is 2.37. The van der Waals surface area contributed by atoms with Crippen molar-refractivity contribution in [3.8, 4) is 33.9 Å². The number of piperidine rings is 2. The van der Waals surface area contributed by atoms with Gasteiger partial charge in [0, 0.05) is 99.2 Å². The molecule has 6 aromatic heterocycles. The average molecular weight is 743 g/mol. The highest BCUT2D eigenvalue weighted by atomic mass is 19.3. The number of carbonyl (C=O) groups is 2. The van der Waals surface area contributed by atoms with E-state index in [1.807, 2.05) is 62.6 Å². The average Bonchev–Trinajstić information content (AvgIpc) is 3.99. The number of carbonyl (C=O) groups excluding carboxylic acids is 2. The topological polar surface area (TPSA) is 134 Å². The van der Waals surface area contributed by atoms with Crippen LogP contribution in [0, 0.1) is 13.8 Å². The van der Waals surface area contributed by atoms with Gasteiger partial charge >= 0.3 is 0 Å². The Kier molecular flexibility index (Phi) is 9.92. The smallest absolute Gasteiger partial charge is 0.274 e. The molecule has 54 heavy (non-hydrogen) atoms. The van der Waals surface area contributed by atoms with Crippen molar-refractivity contribution < 1.29 is 27.2 Å². The Hall–Kier alpha value is -6.06. The zero-order valence-electron chi connectivity index (χ0n) is 29.6. The predicted octanol–water partition coefficient (Wildman–Crippen LogP) is 6.88. The number of nitrogens with one attached hydrogen (secondary N) is 2. The normalized spacial score (nSPS) is 16.5. The molecular weight excluding hydrogens is 704 g/mol. The lowest BCUT2D eigenvalue weighted by atomic mass is 10.1. The number of hydrogen-bond donors (Lipinski definition) is 2. The van der Waals surface area contributed by atoms with E-state index in [4.69, 9.17) is 0 Å². The molecule has 8 heterocycles. The van der Waals surface area contributed by atoms with Gasteiger partial charge in [-0.15, -0.1) is 0 Å². The molecule has 2 fully saturated rings. The number of aromatic nitrogens is 8. The number of alkyl halides is 4. The minimum atomic E-state index is -2.69. The maximum absolute atomic E-state index is 13.4. The molecule has 0 atom stereocenters. The molecule has 8 rings (SSSR count). The minimum Gasteiger partial charge on any atom is -0.367 e. The van der Waals surface area contributed by atoms with Gasteiger partial charge in [0.05, 0.1) is 35.2 Å². The summed E-state index contributed by atoms with van der Waals surface area (Å²) in [6.07, 6.45) is 9.32. The molecule has 0 unspecified atom stereocenters. The van der Waals surface area contributed by atoms with Crippen molar-refractivity contribution in [2.75, 3.05) is 26.2 Å². The molecule has 2 N–H and O–H groups in total. The van der Waals surface area contributed by atoms with Crippen LogP contribution in [-0.2, 0) is 0 Å². The van der Waals surface area contributed by atoms with E-state index in [1.54, 1.807) is 46.3 Å². The van der Waals surface area contributed by atoms with Gasteiger partial charge in [0.1, 0.15) is 0 Å². The molecule has 2 amide bonds. The maximum atomic E-state index is 13.4. The zero-order valence-corrected chi connectivity index (χ0v) is 29.6. The van der Waals surface area contributed by atoms with Crippen LogP contribution >= 0.6 is 0 Å². The van der Waals surface area contributed by atoms with Crippen LogP contribution in [0.25, 0.3) is 33.9 Å². The molecule has 6 aromatic rings. The summed E-state index contributed by atoms with van der Waals surface area (Å²) in [5, 5.41) is 8.92. The van der Waals surface area contributed by atoms with Crippen molar-refractivity contribution in [2.45, 2.75) is 51.4 Å². The van der Waals surface area contributed by atoms with Crippen LogP contribution in [-0.4, -0.2) is 99.1 Å². The monoisotopic (exact) mass is 742 g/mol. The lowest BCUT2D eigenvalue weighted by Gasteiger charge is -2.31. The van der Waals surface area contributed by atoms with Gasteiger partial charge in [-0.1, -0.05) is 0 Å². The largest absolute Gasteiger partial charge is 0.367 e. The third kappa shape index (κ3) is 7.96. The molecule has 0 saturated carbocycles. The first-order chi connectivity index (χ1) is 25.9. The lowest BCUT2D eigenvalue weighted by Crippen LogP contribution is -2.42. The zero-order chi connectivity index (χ0) is 38.0. The molecule has 16 heteroatoms. The third-order valence-corrected chi connectivity index (χ3v) is 9.49. The summed E-state index contributed by atoms with van der Waals surface area (Å²) in [6.45, 7) is 3.91. The second-order valence-corrected chi connectivity index (χ2v) is 13.5. The molecule has 2 saturated heterocycles. The van der Waals surface area contributed by atoms with Crippen LogP contribution < -0.4 is 0 Å². The fourth-order valence-corrected chi connectivity index (χ4v) is 6.31. The molecule has 0 spiro atoms. The number of H-pyrrole nitrogens is 2. The molecule has 12 nitrogen and oxygen atoms in total. The number of halogens is 4. The van der Waals surface area contributed by atoms with E-state index in [0.717, 1.165) is 45.3 Å². The highest BCUT2D eigenvalue weighted by molar-refractivity contribution is 5.94. The van der Waals surface area contributed by atoms with Crippen molar-refractivity contribution in [3.05, 3.63) is 108 Å². The van der Waals surface area contributed by atoms with E-state index < -0.39 is 11.8 Å². The van der Waals surface area contributed by atoms with Gasteiger partial charge in [-0.05, 0) is 62.4 Å². The number of likely N-dealkylation sites (tertiary alicyclic amines) is 2. The summed E-state index contributed by atoms with van der Waals surface area (Å²) in [4.78, 5) is 43.1. The first-order valence-electron chi connectivity index (χ1n) is 17.5. The van der Waals surface area contributed by atoms with Crippen LogP contribution in [0.2, 0.25) is 0 Å². The Labute approximate surface area is 307 Å². The van der Waals surface area contributed by atoms with E-state index in [9.17, 15) is 27.2 Å². The van der Waals surface area contributed by atoms with Gasteiger partial charge < -0.3 is 19.8 Å². The number of pyridine rings is 2. The SMILES string of the molecule is Cc1ccc(-n2nc(C(=O)N3CCC(F)(F)CC3)cc2-c2cc[nH]c2)cn1.Cc1ccc(-n2nc(C(=O)N3CCC(F)(F)CC3)cc2-c2cc[nH]c2)cn1. The number of amides is 2. The molecule has 0 aromatic carbocycles. The Morgan fingerprint density at radius 1 is 0.611 bits per heavy atom. The lowest BCUT2D eigenvalue weighted by molar-refractivity contribution is -0.0504. The van der Waals surface area contributed by atoms with Crippen LogP contribution in [0.1, 0.15) is 58.0 Å². The Morgan fingerprint density at radius 3 is 1.31 bits per heavy atom. The molecule has 2 aliphatic rings. The Bertz CT molecular complexity index is 2030. The second kappa shape index (κ2) is 14.8. The minimum absolute atomic E-state index is 0.0320. The number of rotatable bonds is 6. The quantitative estimate of drug-likeness (QED) is 0.179. The van der Waals surface area contributed by atoms with Crippen LogP contribution in [0.15, 0.2) is 85.7 Å². The van der Waals surface area contributed by atoms with E-state index in [1.165, 1.54) is 9.80 Å². The maximum Gasteiger partial charge on any atom is 0.274 e. The molecule has 0 aliphatic carbocycles. The Morgan fingerprint density at radius 2 is 1.00 bits per heavy atom. The van der Waals surface area contributed by atoms with Gasteiger partial charge in [0.15, 0.2) is 11.4 Å². The fraction of sp³-hybridized carbons (Fsp3) is 0.316. The molecule has 280 valence electrons. The van der Waals surface area contributed by atoms with Crippen LogP contribution in [0.5, 0.6) is 0 Å². The van der Waals surface area contributed by atoms with E-state index in [2.05, 4.69) is 30.1 Å². The summed E-state index contributed by atoms with van der Waals surface area (Å²) in [6, 6.07) is 14.6. The summed E-state index contributed by atoms with van der Waals surface area (Å²) in [7, 11) is 0. The van der Waals surface area contributed by atoms with E-state index in [0.29, 0.717) is 0 Å². The van der Waals surface area contributed by atoms with Crippen molar-refractivity contribution in [2.24, 2.45) is 0 Å². The van der Waals surface area contributed by atoms with Gasteiger partial charge in [-0.3, -0.25) is 19.6 Å². The summed E-state index contributed by atoms with van der Waals surface area (Å²) >= 11 is 0. The standard InChI is InChI=1S/2C19H19F2N5O/c2*1-13-2-3-15(12-23-13)26-17(14-4-7-22-11-14)10-16(24-26)18(27)25-8-5-19(20,21)6-9-25/h2*2-4,7,10-12,22H,5-6,8-9H2,1H3. The second-order valence-electron chi connectivity index (χ2n) is 13.5. The van der Waals surface area contributed by atoms with Gasteiger partial charge in [-0.2, -0.15) is 10.2 Å². The van der Waals surface area contributed by atoms with Crippen molar-refractivity contribution in [1.29, 1.82) is 0 Å². The molecule has 0 bridgehead atoms. The number of nitrogens with zero attached hydrogens (tertiary/aromatic N) is 8. The number of aryl methyl sites for hydroxylation is 2. The Balaban J connectivity index is 0.000000167. The van der Waals surface area contributed by atoms with Crippen molar-refractivity contribution in [3.63, 3.8) is 0 Å². The van der Waals surface area contributed by atoms with Crippen LogP contribution in [0.4, 0.5) is 17.6 Å². The van der Waals surface area contributed by atoms with Crippen LogP contribution in [0.3, 0.4) is 0 Å². The fourth-order valence-electron chi connectivity index (χ4n) is 6.31. The highest BCUT2D eigenvalue weighted by Crippen LogP contribution is 2.31. The van der Waals surface area contributed by atoms with Gasteiger partial charge in [0.25, 0.3) is 23.7 Å². The molecule has 0 radical (unpaired) electrons. The van der Waals surface area contributed by atoms with Crippen molar-refractivity contribution >= 4 is 11.8 Å². The first-order valence-corrected chi connectivity index (χ1v) is 17.5. The van der Waals surface area contributed by atoms with Gasteiger partial charge in [0.2, 0.25) is 0 Å². The van der Waals surface area contributed by atoms with E-state index in [-0.39, 0.29) is 75.1 Å². The van der Waals surface area contributed by atoms with Gasteiger partial charge in [-0.25, -0.2) is 26.9 Å². The summed E-state index contributed by atoms with van der Waals surface area (Å²) in [5.41, 5.74) is 6.86. The van der Waals surface area contributed by atoms with E-state index >= 15 is 0 Å². The predicted molar refractivity (Wildman–Crippen MR) is 192 cm³/mol. The number of hydrogen-bond acceptors (Lipinski definition) is 6. The van der Waals surface area contributed by atoms with Crippen molar-refractivity contribution in [1.82, 2.24) is 49.3 Å². The molecular formula is C38H38F4N10O2. The number of aromatic amines is 2. The first kappa shape index (κ1) is 36.3. The summed E-state index contributed by atoms with van der Waals surface area (Å²) < 4.78 is 56.8. The molecule has 2 aliphatic heterocycles. The summed E-state index contributed by atoms with van der Waals surface area (Å²) in [5.74, 6) is -6.05. The third-order valence-electron chi connectivity index (χ3n) is 9.49.